The molecule has 9 heteroatoms. The van der Waals surface area contributed by atoms with E-state index in [2.05, 4.69) is 10.6 Å². The fourth-order valence-corrected chi connectivity index (χ4v) is 3.01. The van der Waals surface area contributed by atoms with Gasteiger partial charge in [0.2, 0.25) is 5.91 Å². The van der Waals surface area contributed by atoms with E-state index in [1.54, 1.807) is 36.4 Å². The molecule has 0 aliphatic carbocycles. The summed E-state index contributed by atoms with van der Waals surface area (Å²) in [6, 6.07) is 17.8. The van der Waals surface area contributed by atoms with E-state index in [4.69, 9.17) is 9.47 Å². The molecule has 0 radical (unpaired) electrons. The summed E-state index contributed by atoms with van der Waals surface area (Å²) in [7, 11) is 2.85. The van der Waals surface area contributed by atoms with Crippen molar-refractivity contribution in [2.45, 2.75) is 0 Å². The largest absolute Gasteiger partial charge is 0.494 e. The van der Waals surface area contributed by atoms with Gasteiger partial charge in [0.15, 0.2) is 0 Å². The average molecular weight is 447 g/mol. The van der Waals surface area contributed by atoms with E-state index in [0.717, 1.165) is 0 Å². The molecule has 2 N–H and O–H groups in total. The molecule has 0 unspecified atom stereocenters. The molecule has 3 aromatic carbocycles. The van der Waals surface area contributed by atoms with Crippen molar-refractivity contribution in [3.8, 4) is 11.5 Å². The first-order valence-electron chi connectivity index (χ1n) is 9.78. The number of benzene rings is 3. The molecule has 0 fully saturated rings. The van der Waals surface area contributed by atoms with Gasteiger partial charge in [0, 0.05) is 29.8 Å². The van der Waals surface area contributed by atoms with E-state index in [0.29, 0.717) is 28.3 Å². The highest BCUT2D eigenvalue weighted by Gasteiger charge is 2.16. The van der Waals surface area contributed by atoms with E-state index in [1.807, 2.05) is 6.07 Å². The SMILES string of the molecule is COc1cc(NC(=O)c2ccccc2)c(OC)cc1NC(=O)C=Cc1ccccc1[N+](=O)[O-]. The summed E-state index contributed by atoms with van der Waals surface area (Å²) in [6.45, 7) is 0. The molecule has 0 spiro atoms. The molecule has 0 aliphatic heterocycles. The summed E-state index contributed by atoms with van der Waals surface area (Å²) >= 11 is 0. The quantitative estimate of drug-likeness (QED) is 0.298. The highest BCUT2D eigenvalue weighted by atomic mass is 16.6. The van der Waals surface area contributed by atoms with Crippen molar-refractivity contribution in [3.05, 3.63) is 94.0 Å². The van der Waals surface area contributed by atoms with Gasteiger partial charge in [-0.1, -0.05) is 30.3 Å². The molecular formula is C24H21N3O6. The van der Waals surface area contributed by atoms with Gasteiger partial charge in [-0.2, -0.15) is 0 Å². The summed E-state index contributed by atoms with van der Waals surface area (Å²) in [5.41, 5.74) is 1.30. The monoisotopic (exact) mass is 447 g/mol. The molecule has 0 saturated carbocycles. The van der Waals surface area contributed by atoms with E-state index in [9.17, 15) is 19.7 Å². The molecule has 168 valence electrons. The number of amides is 2. The number of hydrogen-bond donors (Lipinski definition) is 2. The molecule has 2 amide bonds. The number of ether oxygens (including phenoxy) is 2. The third-order valence-electron chi connectivity index (χ3n) is 4.61. The number of nitrogens with zero attached hydrogens (tertiary/aromatic N) is 1. The Morgan fingerprint density at radius 1 is 0.879 bits per heavy atom. The van der Waals surface area contributed by atoms with Gasteiger partial charge in [0.05, 0.1) is 36.1 Å². The second-order valence-corrected chi connectivity index (χ2v) is 6.71. The molecule has 0 saturated heterocycles. The lowest BCUT2D eigenvalue weighted by Crippen LogP contribution is -2.14. The number of para-hydroxylation sites is 1. The Morgan fingerprint density at radius 3 is 2.06 bits per heavy atom. The minimum Gasteiger partial charge on any atom is -0.494 e. The maximum atomic E-state index is 12.5. The van der Waals surface area contributed by atoms with Crippen molar-refractivity contribution in [2.24, 2.45) is 0 Å². The van der Waals surface area contributed by atoms with Gasteiger partial charge >= 0.3 is 0 Å². The minimum absolute atomic E-state index is 0.112. The lowest BCUT2D eigenvalue weighted by Gasteiger charge is -2.16. The second kappa shape index (κ2) is 10.6. The van der Waals surface area contributed by atoms with Crippen LogP contribution in [0.25, 0.3) is 6.08 Å². The van der Waals surface area contributed by atoms with Gasteiger partial charge in [-0.25, -0.2) is 0 Å². The smallest absolute Gasteiger partial charge is 0.276 e. The van der Waals surface area contributed by atoms with Gasteiger partial charge in [-0.3, -0.25) is 19.7 Å². The van der Waals surface area contributed by atoms with Gasteiger partial charge in [-0.15, -0.1) is 0 Å². The lowest BCUT2D eigenvalue weighted by atomic mass is 10.1. The van der Waals surface area contributed by atoms with Crippen LogP contribution in [-0.4, -0.2) is 31.0 Å². The number of nitrogens with one attached hydrogen (secondary N) is 2. The van der Waals surface area contributed by atoms with Crippen LogP contribution in [0.1, 0.15) is 15.9 Å². The van der Waals surface area contributed by atoms with E-state index in [1.165, 1.54) is 50.6 Å². The summed E-state index contributed by atoms with van der Waals surface area (Å²) in [5.74, 6) is -0.278. The molecule has 33 heavy (non-hydrogen) atoms. The fraction of sp³-hybridized carbons (Fsp3) is 0.0833. The highest BCUT2D eigenvalue weighted by Crippen LogP contribution is 2.36. The minimum atomic E-state index is -0.533. The molecule has 0 aliphatic rings. The van der Waals surface area contributed by atoms with Gasteiger partial charge in [0.25, 0.3) is 11.6 Å². The summed E-state index contributed by atoms with van der Waals surface area (Å²) in [4.78, 5) is 35.6. The number of nitro groups is 1. The Kier molecular flexibility index (Phi) is 7.38. The second-order valence-electron chi connectivity index (χ2n) is 6.71. The van der Waals surface area contributed by atoms with Crippen molar-refractivity contribution in [1.29, 1.82) is 0 Å². The summed E-state index contributed by atoms with van der Waals surface area (Å²) < 4.78 is 10.7. The third kappa shape index (κ3) is 5.73. The lowest BCUT2D eigenvalue weighted by molar-refractivity contribution is -0.385. The van der Waals surface area contributed by atoms with Crippen molar-refractivity contribution in [1.82, 2.24) is 0 Å². The normalized spacial score (nSPS) is 10.5. The zero-order chi connectivity index (χ0) is 23.8. The maximum absolute atomic E-state index is 12.5. The molecule has 0 heterocycles. The molecular weight excluding hydrogens is 426 g/mol. The zero-order valence-corrected chi connectivity index (χ0v) is 17.9. The van der Waals surface area contributed by atoms with Gasteiger partial charge in [0.1, 0.15) is 11.5 Å². The van der Waals surface area contributed by atoms with E-state index in [-0.39, 0.29) is 17.3 Å². The van der Waals surface area contributed by atoms with Gasteiger partial charge in [-0.05, 0) is 24.3 Å². The van der Waals surface area contributed by atoms with Crippen LogP contribution in [0, 0.1) is 10.1 Å². The van der Waals surface area contributed by atoms with Gasteiger partial charge < -0.3 is 20.1 Å². The Bertz CT molecular complexity index is 1210. The number of carbonyl (C=O) groups excluding carboxylic acids is 2. The van der Waals surface area contributed by atoms with Crippen LogP contribution in [0.5, 0.6) is 11.5 Å². The highest BCUT2D eigenvalue weighted by molar-refractivity contribution is 6.06. The Morgan fingerprint density at radius 2 is 1.45 bits per heavy atom. The fourth-order valence-electron chi connectivity index (χ4n) is 3.01. The first-order valence-corrected chi connectivity index (χ1v) is 9.78. The van der Waals surface area contributed by atoms with Crippen molar-refractivity contribution in [2.75, 3.05) is 24.9 Å². The van der Waals surface area contributed by atoms with E-state index >= 15 is 0 Å². The van der Waals surface area contributed by atoms with Crippen LogP contribution < -0.4 is 20.1 Å². The summed E-state index contributed by atoms with van der Waals surface area (Å²) in [6.07, 6.45) is 2.53. The Hall–Kier alpha value is -4.66. The molecule has 3 aromatic rings. The molecule has 0 bridgehead atoms. The average Bonchev–Trinajstić information content (AvgIpc) is 2.83. The third-order valence-corrected chi connectivity index (χ3v) is 4.61. The molecule has 9 nitrogen and oxygen atoms in total. The van der Waals surface area contributed by atoms with Crippen LogP contribution in [0.15, 0.2) is 72.8 Å². The van der Waals surface area contributed by atoms with Crippen LogP contribution in [0.2, 0.25) is 0 Å². The molecule has 3 rings (SSSR count). The summed E-state index contributed by atoms with van der Waals surface area (Å²) in [5, 5.41) is 16.5. The first kappa shape index (κ1) is 23.0. The number of nitro benzene ring substituents is 1. The van der Waals surface area contributed by atoms with Crippen LogP contribution in [0.3, 0.4) is 0 Å². The van der Waals surface area contributed by atoms with Crippen molar-refractivity contribution < 1.29 is 24.0 Å². The van der Waals surface area contributed by atoms with Crippen LogP contribution in [-0.2, 0) is 4.79 Å². The number of rotatable bonds is 8. The number of methoxy groups -OCH3 is 2. The maximum Gasteiger partial charge on any atom is 0.276 e. The predicted octanol–water partition coefficient (Wildman–Crippen LogP) is 4.52. The van der Waals surface area contributed by atoms with E-state index < -0.39 is 10.8 Å². The predicted molar refractivity (Wildman–Crippen MR) is 125 cm³/mol. The topological polar surface area (TPSA) is 120 Å². The van der Waals surface area contributed by atoms with Crippen molar-refractivity contribution >= 4 is 35.0 Å². The van der Waals surface area contributed by atoms with Crippen LogP contribution in [0.4, 0.5) is 17.1 Å². The Labute approximate surface area is 189 Å². The number of carbonyl (C=O) groups is 2. The molecule has 0 atom stereocenters. The Balaban J connectivity index is 1.81. The standard InChI is InChI=1S/C24H21N3O6/c1-32-21-15-19(26-24(29)17-9-4-3-5-10-17)22(33-2)14-18(21)25-23(28)13-12-16-8-6-7-11-20(16)27(30)31/h3-15H,1-2H3,(H,25,28)(H,26,29). The number of hydrogen-bond acceptors (Lipinski definition) is 6. The van der Waals surface area contributed by atoms with Crippen LogP contribution >= 0.6 is 0 Å². The number of anilines is 2. The zero-order valence-electron chi connectivity index (χ0n) is 17.9. The first-order chi connectivity index (χ1) is 15.9. The molecule has 0 aromatic heterocycles. The van der Waals surface area contributed by atoms with Crippen molar-refractivity contribution in [3.63, 3.8) is 0 Å².